The van der Waals surface area contributed by atoms with Gasteiger partial charge in [0.2, 0.25) is 5.91 Å². The predicted molar refractivity (Wildman–Crippen MR) is 133 cm³/mol. The molecule has 0 bridgehead atoms. The van der Waals surface area contributed by atoms with Crippen LogP contribution < -0.4 is 11.1 Å². The molecule has 1 aromatic heterocycles. The van der Waals surface area contributed by atoms with Gasteiger partial charge in [0.15, 0.2) is 0 Å². The number of nitrogens with two attached hydrogens (primary N) is 1. The summed E-state index contributed by atoms with van der Waals surface area (Å²) in [7, 11) is 0. The lowest BCUT2D eigenvalue weighted by molar-refractivity contribution is -0.121. The molecule has 8 heteroatoms. The molecule has 1 saturated heterocycles. The molecule has 33 heavy (non-hydrogen) atoms. The lowest BCUT2D eigenvalue weighted by Crippen LogP contribution is -2.31. The van der Waals surface area contributed by atoms with Crippen molar-refractivity contribution >= 4 is 34.8 Å². The number of nitrogen functional groups attached to an aromatic ring is 1. The second kappa shape index (κ2) is 11.0. The molecule has 1 atom stereocenters. The first-order valence-electron chi connectivity index (χ1n) is 11.1. The molecule has 1 amide bonds. The van der Waals surface area contributed by atoms with Gasteiger partial charge in [-0.3, -0.25) is 9.69 Å². The van der Waals surface area contributed by atoms with Crippen molar-refractivity contribution < 1.29 is 4.79 Å². The van der Waals surface area contributed by atoms with Gasteiger partial charge in [-0.1, -0.05) is 47.5 Å². The van der Waals surface area contributed by atoms with Gasteiger partial charge in [-0.15, -0.1) is 0 Å². The molecule has 1 aliphatic heterocycles. The number of carbonyl (C=O) groups excluding carboxylic acids is 1. The maximum atomic E-state index is 12.3. The highest BCUT2D eigenvalue weighted by Gasteiger charge is 2.23. The summed E-state index contributed by atoms with van der Waals surface area (Å²) in [5.41, 5.74) is 9.42. The lowest BCUT2D eigenvalue weighted by atomic mass is 10.1. The minimum atomic E-state index is 0.0255. The molecule has 2 aromatic carbocycles. The fraction of sp³-hybridized carbons (Fsp3) is 0.320. The minimum absolute atomic E-state index is 0.0255. The minimum Gasteiger partial charge on any atom is -0.399 e. The third-order valence-corrected chi connectivity index (χ3v) is 6.77. The number of nitrogens with one attached hydrogen (secondary N) is 1. The topological polar surface area (TPSA) is 84.1 Å². The molecule has 1 fully saturated rings. The van der Waals surface area contributed by atoms with Gasteiger partial charge in [-0.2, -0.15) is 0 Å². The van der Waals surface area contributed by atoms with E-state index in [1.165, 1.54) is 0 Å². The Morgan fingerprint density at radius 1 is 1.09 bits per heavy atom. The van der Waals surface area contributed by atoms with Gasteiger partial charge in [-0.25, -0.2) is 9.97 Å². The Balaban J connectivity index is 1.18. The summed E-state index contributed by atoms with van der Waals surface area (Å²) < 4.78 is 0. The number of halogens is 2. The van der Waals surface area contributed by atoms with Crippen LogP contribution in [-0.2, 0) is 17.8 Å². The molecule has 2 heterocycles. The molecule has 0 radical (unpaired) electrons. The van der Waals surface area contributed by atoms with Crippen molar-refractivity contribution in [1.29, 1.82) is 0 Å². The van der Waals surface area contributed by atoms with E-state index in [-0.39, 0.29) is 5.91 Å². The van der Waals surface area contributed by atoms with Crippen molar-refractivity contribution in [2.75, 3.05) is 25.4 Å². The monoisotopic (exact) mass is 483 g/mol. The van der Waals surface area contributed by atoms with Gasteiger partial charge >= 0.3 is 0 Å². The van der Waals surface area contributed by atoms with Gasteiger partial charge in [0.25, 0.3) is 0 Å². The van der Waals surface area contributed by atoms with Gasteiger partial charge in [-0.05, 0) is 48.2 Å². The number of aryl methyl sites for hydroxylation is 1. The molecule has 172 valence electrons. The Morgan fingerprint density at radius 2 is 1.85 bits per heavy atom. The van der Waals surface area contributed by atoms with Crippen molar-refractivity contribution in [3.8, 4) is 11.1 Å². The van der Waals surface area contributed by atoms with Crippen LogP contribution in [0.2, 0.25) is 10.0 Å². The number of rotatable bonds is 8. The summed E-state index contributed by atoms with van der Waals surface area (Å²) in [5, 5.41) is 4.27. The molecule has 1 unspecified atom stereocenters. The number of amides is 1. The average molecular weight is 484 g/mol. The van der Waals surface area contributed by atoms with Crippen molar-refractivity contribution in [3.05, 3.63) is 76.3 Å². The second-order valence-electron chi connectivity index (χ2n) is 8.42. The summed E-state index contributed by atoms with van der Waals surface area (Å²) in [6.07, 6.45) is 5.50. The Hall–Kier alpha value is -2.67. The first-order chi connectivity index (χ1) is 16.0. The molecule has 4 rings (SSSR count). The summed E-state index contributed by atoms with van der Waals surface area (Å²) in [5.74, 6) is 1.12. The Morgan fingerprint density at radius 3 is 2.61 bits per heavy atom. The molecule has 3 aromatic rings. The van der Waals surface area contributed by atoms with E-state index in [1.54, 1.807) is 18.5 Å². The maximum absolute atomic E-state index is 12.3. The highest BCUT2D eigenvalue weighted by atomic mass is 35.5. The number of carbonyl (C=O) groups is 1. The maximum Gasteiger partial charge on any atom is 0.220 e. The summed E-state index contributed by atoms with van der Waals surface area (Å²) in [4.78, 5) is 23.5. The van der Waals surface area contributed by atoms with E-state index in [2.05, 4.69) is 20.2 Å². The quantitative estimate of drug-likeness (QED) is 0.457. The van der Waals surface area contributed by atoms with E-state index < -0.39 is 0 Å². The summed E-state index contributed by atoms with van der Waals surface area (Å²) in [6, 6.07) is 13.3. The highest BCUT2D eigenvalue weighted by molar-refractivity contribution is 6.42. The Kier molecular flexibility index (Phi) is 7.81. The van der Waals surface area contributed by atoms with Crippen molar-refractivity contribution in [2.24, 2.45) is 5.92 Å². The standard InChI is InChI=1S/C25H27Cl2N5O/c26-22-3-1-2-19(25(22)27)16-32-11-10-17(15-32)12-31-24(33)9-8-23-29-13-20(14-30-23)18-4-6-21(28)7-5-18/h1-7,13-14,17H,8-12,15-16,28H2,(H,31,33). The van der Waals surface area contributed by atoms with Crippen molar-refractivity contribution in [3.63, 3.8) is 0 Å². The Bertz CT molecular complexity index is 1090. The fourth-order valence-corrected chi connectivity index (χ4v) is 4.39. The smallest absolute Gasteiger partial charge is 0.220 e. The van der Waals surface area contributed by atoms with Crippen LogP contribution in [0.1, 0.15) is 24.2 Å². The van der Waals surface area contributed by atoms with Gasteiger partial charge < -0.3 is 11.1 Å². The third kappa shape index (κ3) is 6.44. The second-order valence-corrected chi connectivity index (χ2v) is 9.20. The van der Waals surface area contributed by atoms with Crippen LogP contribution in [0, 0.1) is 5.92 Å². The van der Waals surface area contributed by atoms with E-state index in [1.807, 2.05) is 36.4 Å². The SMILES string of the molecule is Nc1ccc(-c2cnc(CCC(=O)NCC3CCN(Cc4cccc(Cl)c4Cl)C3)nc2)cc1. The third-order valence-electron chi connectivity index (χ3n) is 5.91. The Labute approximate surface area is 204 Å². The number of benzene rings is 2. The molecule has 3 N–H and O–H groups in total. The number of nitrogens with zero attached hydrogens (tertiary/aromatic N) is 3. The molecule has 0 spiro atoms. The fourth-order valence-electron chi connectivity index (χ4n) is 4.01. The van der Waals surface area contributed by atoms with Gasteiger partial charge in [0, 0.05) is 56.1 Å². The lowest BCUT2D eigenvalue weighted by Gasteiger charge is -2.17. The van der Waals surface area contributed by atoms with Gasteiger partial charge in [0.05, 0.1) is 10.0 Å². The normalized spacial score (nSPS) is 16.1. The van der Waals surface area contributed by atoms with Crippen LogP contribution >= 0.6 is 23.2 Å². The molecule has 0 saturated carbocycles. The summed E-state index contributed by atoms with van der Waals surface area (Å²) in [6.45, 7) is 3.36. The van der Waals surface area contributed by atoms with Crippen LogP contribution in [0.15, 0.2) is 54.9 Å². The number of anilines is 1. The van der Waals surface area contributed by atoms with Crippen LogP contribution in [0.4, 0.5) is 5.69 Å². The van der Waals surface area contributed by atoms with E-state index in [9.17, 15) is 4.79 Å². The zero-order valence-electron chi connectivity index (χ0n) is 18.3. The first-order valence-corrected chi connectivity index (χ1v) is 11.8. The van der Waals surface area contributed by atoms with Crippen LogP contribution in [0.25, 0.3) is 11.1 Å². The van der Waals surface area contributed by atoms with E-state index in [0.29, 0.717) is 41.2 Å². The number of hydrogen-bond acceptors (Lipinski definition) is 5. The van der Waals surface area contributed by atoms with Crippen molar-refractivity contribution in [1.82, 2.24) is 20.2 Å². The van der Waals surface area contributed by atoms with E-state index >= 15 is 0 Å². The molecule has 6 nitrogen and oxygen atoms in total. The predicted octanol–water partition coefficient (Wildman–Crippen LogP) is 4.60. The van der Waals surface area contributed by atoms with Gasteiger partial charge in [0.1, 0.15) is 5.82 Å². The van der Waals surface area contributed by atoms with E-state index in [0.717, 1.165) is 48.4 Å². The van der Waals surface area contributed by atoms with Crippen LogP contribution in [0.3, 0.4) is 0 Å². The van der Waals surface area contributed by atoms with Crippen molar-refractivity contribution in [2.45, 2.75) is 25.8 Å². The zero-order chi connectivity index (χ0) is 23.2. The zero-order valence-corrected chi connectivity index (χ0v) is 19.8. The number of likely N-dealkylation sites (tertiary alicyclic amines) is 1. The average Bonchev–Trinajstić information content (AvgIpc) is 3.27. The largest absolute Gasteiger partial charge is 0.399 e. The number of hydrogen-bond donors (Lipinski definition) is 2. The van der Waals surface area contributed by atoms with Crippen LogP contribution in [0.5, 0.6) is 0 Å². The molecular weight excluding hydrogens is 457 g/mol. The summed E-state index contributed by atoms with van der Waals surface area (Å²) >= 11 is 12.4. The molecule has 1 aliphatic rings. The first kappa shape index (κ1) is 23.5. The molecular formula is C25H27Cl2N5O. The number of aromatic nitrogens is 2. The molecule has 0 aliphatic carbocycles. The van der Waals surface area contributed by atoms with E-state index in [4.69, 9.17) is 28.9 Å². The van der Waals surface area contributed by atoms with Crippen LogP contribution in [-0.4, -0.2) is 40.4 Å². The highest BCUT2D eigenvalue weighted by Crippen LogP contribution is 2.28.